The van der Waals surface area contributed by atoms with Crippen LogP contribution in [-0.4, -0.2) is 69.8 Å². The summed E-state index contributed by atoms with van der Waals surface area (Å²) in [5.74, 6) is 1.76. The minimum Gasteiger partial charge on any atom is -0.384 e. The number of hydrogen-bond acceptors (Lipinski definition) is 7. The van der Waals surface area contributed by atoms with Gasteiger partial charge >= 0.3 is 0 Å². The van der Waals surface area contributed by atoms with Gasteiger partial charge in [0.15, 0.2) is 0 Å². The Bertz CT molecular complexity index is 928. The maximum absolute atomic E-state index is 12.1. The first-order valence-electron chi connectivity index (χ1n) is 17.7. The zero-order chi connectivity index (χ0) is 37.9. The second kappa shape index (κ2) is 45.5. The molecule has 0 aromatic carbocycles. The van der Waals surface area contributed by atoms with Gasteiger partial charge in [-0.15, -0.1) is 5.73 Å². The predicted molar refractivity (Wildman–Crippen MR) is 217 cm³/mol. The quantitative estimate of drug-likeness (QED) is 0.0268. The Hall–Kier alpha value is -2.49. The minimum absolute atomic E-state index is 0.0302. The van der Waals surface area contributed by atoms with Crippen molar-refractivity contribution in [3.63, 3.8) is 0 Å². The summed E-state index contributed by atoms with van der Waals surface area (Å²) in [5, 5.41) is 5.92. The Morgan fingerprint density at radius 3 is 1.67 bits per heavy atom. The second-order valence-corrected chi connectivity index (χ2v) is 13.2. The van der Waals surface area contributed by atoms with Gasteiger partial charge in [0, 0.05) is 57.1 Å². The van der Waals surface area contributed by atoms with Crippen LogP contribution >= 0.6 is 21.6 Å². The molecule has 0 aliphatic rings. The van der Waals surface area contributed by atoms with Crippen LogP contribution in [0.4, 0.5) is 0 Å². The van der Waals surface area contributed by atoms with Crippen LogP contribution in [0.15, 0.2) is 66.5 Å². The molecule has 0 radical (unpaired) electrons. The summed E-state index contributed by atoms with van der Waals surface area (Å²) in [7, 11) is 6.77. The molecule has 0 aliphatic carbocycles. The maximum Gasteiger partial charge on any atom is 0.220 e. The van der Waals surface area contributed by atoms with Crippen LogP contribution in [0, 0.1) is 5.41 Å². The van der Waals surface area contributed by atoms with E-state index < -0.39 is 0 Å². The largest absolute Gasteiger partial charge is 0.384 e. The normalized spacial score (nSPS) is 11.4. The van der Waals surface area contributed by atoms with Gasteiger partial charge in [-0.25, -0.2) is 0 Å². The lowest BCUT2D eigenvalue weighted by atomic mass is 9.84. The topological polar surface area (TPSA) is 120 Å². The molecule has 49 heavy (non-hydrogen) atoms. The summed E-state index contributed by atoms with van der Waals surface area (Å²) in [6, 6.07) is 0. The Balaban J connectivity index is -0.00000134. The van der Waals surface area contributed by atoms with Crippen LogP contribution in [0.1, 0.15) is 106 Å². The van der Waals surface area contributed by atoms with Crippen molar-refractivity contribution in [2.45, 2.75) is 112 Å². The first-order chi connectivity index (χ1) is 23.8. The van der Waals surface area contributed by atoms with E-state index in [1.807, 2.05) is 39.8 Å². The molecular weight excluding hydrogens is 655 g/mol. The Labute approximate surface area is 308 Å². The molecule has 0 saturated heterocycles. The second-order valence-electron chi connectivity index (χ2n) is 10.5. The van der Waals surface area contributed by atoms with Gasteiger partial charge in [-0.05, 0) is 57.1 Å². The summed E-state index contributed by atoms with van der Waals surface area (Å²) in [5.41, 5.74) is 7.18. The highest BCUT2D eigenvalue weighted by Crippen LogP contribution is 2.26. The number of rotatable bonds is 26. The van der Waals surface area contributed by atoms with Crippen molar-refractivity contribution >= 4 is 39.8 Å². The third-order valence-corrected chi connectivity index (χ3v) is 8.54. The molecule has 0 bridgehead atoms. The van der Waals surface area contributed by atoms with Crippen LogP contribution in [0.25, 0.3) is 0 Å². The minimum atomic E-state index is -0.140. The summed E-state index contributed by atoms with van der Waals surface area (Å²) in [4.78, 5) is 32.7. The highest BCUT2D eigenvalue weighted by atomic mass is 33.1. The Kier molecular flexibility index (Phi) is 49.5. The van der Waals surface area contributed by atoms with Gasteiger partial charge in [0.25, 0.3) is 0 Å². The van der Waals surface area contributed by atoms with E-state index in [1.165, 1.54) is 0 Å². The van der Waals surface area contributed by atoms with E-state index in [0.29, 0.717) is 45.4 Å². The number of nitrogens with one attached hydrogen (secondary N) is 2. The van der Waals surface area contributed by atoms with E-state index >= 15 is 0 Å². The number of amides is 3. The number of allylic oxidation sites excluding steroid dienone is 9. The van der Waals surface area contributed by atoms with E-state index in [1.54, 1.807) is 35.8 Å². The molecule has 0 aromatic heterocycles. The molecule has 0 heterocycles. The summed E-state index contributed by atoms with van der Waals surface area (Å²) in [6.45, 7) is 16.2. The fourth-order valence-corrected chi connectivity index (χ4v) is 5.71. The molecule has 3 amide bonds. The zero-order valence-corrected chi connectivity index (χ0v) is 33.9. The SMILES string of the molecule is CC.CC.CC/C=C\C/C=C\C/C=C\C/C=C\CC=C=CCCC(=O)NCCSSCCNC(=O)CC[C@H](OC)C(C)(C)COC.NC=O. The molecule has 0 unspecified atom stereocenters. The van der Waals surface area contributed by atoms with Crippen molar-refractivity contribution < 1.29 is 23.9 Å². The molecule has 0 fully saturated rings. The first-order valence-corrected chi connectivity index (χ1v) is 20.2. The number of hydrogen-bond donors (Lipinski definition) is 3. The van der Waals surface area contributed by atoms with E-state index in [9.17, 15) is 9.59 Å². The van der Waals surface area contributed by atoms with Crippen LogP contribution < -0.4 is 16.4 Å². The smallest absolute Gasteiger partial charge is 0.220 e. The molecule has 0 saturated carbocycles. The average Bonchev–Trinajstić information content (AvgIpc) is 3.09. The monoisotopic (exact) mass is 725 g/mol. The lowest BCUT2D eigenvalue weighted by Gasteiger charge is -2.32. The molecule has 0 rings (SSSR count). The van der Waals surface area contributed by atoms with Gasteiger partial charge in [-0.1, -0.05) is 119 Å². The summed E-state index contributed by atoms with van der Waals surface area (Å²) in [6.07, 6.45) is 28.7. The molecular formula is C39H71N3O5S2. The fraction of sp³-hybridized carbons (Fsp3) is 0.641. The molecule has 8 nitrogen and oxygen atoms in total. The highest BCUT2D eigenvalue weighted by Gasteiger charge is 2.29. The van der Waals surface area contributed by atoms with Crippen molar-refractivity contribution in [1.82, 2.24) is 10.6 Å². The van der Waals surface area contributed by atoms with Crippen molar-refractivity contribution in [2.24, 2.45) is 11.1 Å². The van der Waals surface area contributed by atoms with Gasteiger partial charge in [0.2, 0.25) is 18.2 Å². The summed E-state index contributed by atoms with van der Waals surface area (Å²) >= 11 is 0. The molecule has 0 spiro atoms. The summed E-state index contributed by atoms with van der Waals surface area (Å²) < 4.78 is 10.8. The molecule has 10 heteroatoms. The van der Waals surface area contributed by atoms with Crippen LogP contribution in [0.3, 0.4) is 0 Å². The number of nitrogens with two attached hydrogens (primary N) is 1. The van der Waals surface area contributed by atoms with Crippen molar-refractivity contribution in [3.8, 4) is 0 Å². The zero-order valence-electron chi connectivity index (χ0n) is 32.3. The molecule has 4 N–H and O–H groups in total. The van der Waals surface area contributed by atoms with Gasteiger partial charge in [-0.2, -0.15) is 0 Å². The maximum atomic E-state index is 12.1. The third-order valence-electron chi connectivity index (χ3n) is 6.13. The van der Waals surface area contributed by atoms with Gasteiger partial charge in [0.1, 0.15) is 0 Å². The molecule has 1 atom stereocenters. The van der Waals surface area contributed by atoms with E-state index in [4.69, 9.17) is 14.3 Å². The van der Waals surface area contributed by atoms with Crippen LogP contribution in [0.5, 0.6) is 0 Å². The fourth-order valence-electron chi connectivity index (χ4n) is 3.90. The van der Waals surface area contributed by atoms with Crippen LogP contribution in [0.2, 0.25) is 0 Å². The van der Waals surface area contributed by atoms with E-state index in [-0.39, 0.29) is 29.7 Å². The Morgan fingerprint density at radius 2 is 1.22 bits per heavy atom. The number of ether oxygens (including phenoxy) is 2. The van der Waals surface area contributed by atoms with E-state index in [2.05, 4.69) is 91.5 Å². The number of carbonyl (C=O) groups excluding carboxylic acids is 3. The first kappa shape index (κ1) is 53.3. The lowest BCUT2D eigenvalue weighted by molar-refractivity contribution is -0.122. The van der Waals surface area contributed by atoms with E-state index in [0.717, 1.165) is 43.6 Å². The molecule has 284 valence electrons. The standard InChI is InChI=1S/C34H56N2O4S2.2C2H6.CH3NO/c1-6-7-8-9-10-11-12-13-14-15-16-17-18-19-20-21-22-23-32(37)35-26-28-41-42-29-27-36-33(38)25-24-31(40-5)34(2,3)30-39-4;2*1-2;2-1-3/h7-8,10-11,13-14,16-17,19,21,31H,6,9,12,15,18,22-30H2,1-5H3,(H,35,37)(H,36,38);2*1-2H3;1H,(H2,2,3)/b8-7-,11-10-,14-13-,17-16-;;;/t20?,31-;;;/m0.../s1. The number of primary amides is 1. The van der Waals surface area contributed by atoms with Crippen molar-refractivity contribution in [1.29, 1.82) is 0 Å². The van der Waals surface area contributed by atoms with Crippen LogP contribution in [-0.2, 0) is 23.9 Å². The Morgan fingerprint density at radius 1 is 0.776 bits per heavy atom. The molecule has 0 aromatic rings. The van der Waals surface area contributed by atoms with Gasteiger partial charge < -0.3 is 25.8 Å². The highest BCUT2D eigenvalue weighted by molar-refractivity contribution is 8.76. The lowest BCUT2D eigenvalue weighted by Crippen LogP contribution is -2.36. The number of methoxy groups -OCH3 is 2. The van der Waals surface area contributed by atoms with Crippen molar-refractivity contribution in [3.05, 3.63) is 66.5 Å². The predicted octanol–water partition coefficient (Wildman–Crippen LogP) is 8.91. The van der Waals surface area contributed by atoms with Gasteiger partial charge in [-0.3, -0.25) is 14.4 Å². The third kappa shape index (κ3) is 43.5. The molecule has 0 aliphatic heterocycles. The average molecular weight is 726 g/mol. The van der Waals surface area contributed by atoms with Crippen molar-refractivity contribution in [2.75, 3.05) is 45.4 Å². The van der Waals surface area contributed by atoms with Gasteiger partial charge in [0.05, 0.1) is 12.7 Å². The number of carbonyl (C=O) groups is 3.